The molecule has 0 aromatic heterocycles. The minimum absolute atomic E-state index is 0.0365. The minimum atomic E-state index is -2.86. The molecule has 0 aromatic carbocycles. The first-order valence-electron chi connectivity index (χ1n) is 6.36. The molecule has 96 valence electrons. The van der Waals surface area contributed by atoms with E-state index in [1.165, 1.54) is 19.3 Å². The Morgan fingerprint density at radius 2 is 1.88 bits per heavy atom. The van der Waals surface area contributed by atoms with Gasteiger partial charge in [0.2, 0.25) is 0 Å². The maximum atomic E-state index is 11.7. The van der Waals surface area contributed by atoms with Crippen LogP contribution in [0, 0.1) is 0 Å². The zero-order chi connectivity index (χ0) is 12.0. The second kappa shape index (κ2) is 4.09. The lowest BCUT2D eigenvalue weighted by molar-refractivity contribution is 0.216. The van der Waals surface area contributed by atoms with E-state index in [0.717, 1.165) is 18.0 Å². The summed E-state index contributed by atoms with van der Waals surface area (Å²) in [4.78, 5) is 2.20. The van der Waals surface area contributed by atoms with Crippen LogP contribution in [0.2, 0.25) is 0 Å². The van der Waals surface area contributed by atoms with Crippen molar-refractivity contribution < 1.29 is 8.42 Å². The number of hydrogen-bond acceptors (Lipinski definition) is 3. The number of nitrogens with zero attached hydrogens (tertiary/aromatic N) is 1. The SMILES string of the molecule is O=S1(=O)C[C@@H]2[C@@H](C1)NC(=S)N2C1CCCCC1. The van der Waals surface area contributed by atoms with Gasteiger partial charge in [-0.1, -0.05) is 19.3 Å². The van der Waals surface area contributed by atoms with Gasteiger partial charge < -0.3 is 10.2 Å². The largest absolute Gasteiger partial charge is 0.357 e. The molecule has 0 radical (unpaired) electrons. The van der Waals surface area contributed by atoms with E-state index in [1.54, 1.807) is 0 Å². The first-order chi connectivity index (χ1) is 8.07. The van der Waals surface area contributed by atoms with E-state index >= 15 is 0 Å². The number of fused-ring (bicyclic) bond motifs is 1. The molecule has 3 rings (SSSR count). The molecule has 2 heterocycles. The highest BCUT2D eigenvalue weighted by Crippen LogP contribution is 2.31. The first kappa shape index (κ1) is 11.7. The van der Waals surface area contributed by atoms with Crippen LogP contribution in [0.5, 0.6) is 0 Å². The highest BCUT2D eigenvalue weighted by atomic mass is 32.2. The number of thiocarbonyl (C=S) groups is 1. The third kappa shape index (κ3) is 2.05. The molecule has 6 heteroatoms. The second-order valence-electron chi connectivity index (χ2n) is 5.40. The number of nitrogens with one attached hydrogen (secondary N) is 1. The lowest BCUT2D eigenvalue weighted by Gasteiger charge is -2.35. The molecule has 1 N–H and O–H groups in total. The Morgan fingerprint density at radius 1 is 1.18 bits per heavy atom. The van der Waals surface area contributed by atoms with Crippen LogP contribution in [0.25, 0.3) is 0 Å². The van der Waals surface area contributed by atoms with Gasteiger partial charge in [0, 0.05) is 6.04 Å². The van der Waals surface area contributed by atoms with E-state index < -0.39 is 9.84 Å². The molecule has 0 unspecified atom stereocenters. The van der Waals surface area contributed by atoms with Gasteiger partial charge in [0.15, 0.2) is 14.9 Å². The van der Waals surface area contributed by atoms with Gasteiger partial charge in [-0.05, 0) is 25.1 Å². The predicted octanol–water partition coefficient (Wildman–Crippen LogP) is 0.675. The quantitative estimate of drug-likeness (QED) is 0.713. The van der Waals surface area contributed by atoms with Gasteiger partial charge in [-0.3, -0.25) is 0 Å². The molecule has 2 saturated heterocycles. The average molecular weight is 274 g/mol. The van der Waals surface area contributed by atoms with Crippen LogP contribution in [-0.4, -0.2) is 48.1 Å². The Morgan fingerprint density at radius 3 is 2.59 bits per heavy atom. The highest BCUT2D eigenvalue weighted by Gasteiger charge is 2.48. The summed E-state index contributed by atoms with van der Waals surface area (Å²) in [6, 6.07) is 0.595. The molecule has 1 saturated carbocycles. The summed E-state index contributed by atoms with van der Waals surface area (Å²) in [6.07, 6.45) is 6.11. The molecule has 3 aliphatic rings. The van der Waals surface area contributed by atoms with Crippen LogP contribution in [0.4, 0.5) is 0 Å². The summed E-state index contributed by atoms with van der Waals surface area (Å²) in [5.41, 5.74) is 0. The minimum Gasteiger partial charge on any atom is -0.357 e. The Hall–Kier alpha value is -0.360. The van der Waals surface area contributed by atoms with Crippen LogP contribution in [0.1, 0.15) is 32.1 Å². The van der Waals surface area contributed by atoms with Gasteiger partial charge in [-0.15, -0.1) is 0 Å². The molecule has 17 heavy (non-hydrogen) atoms. The fourth-order valence-corrected chi connectivity index (χ4v) is 5.76. The van der Waals surface area contributed by atoms with Gasteiger partial charge >= 0.3 is 0 Å². The smallest absolute Gasteiger partial charge is 0.169 e. The van der Waals surface area contributed by atoms with Gasteiger partial charge in [0.05, 0.1) is 23.6 Å². The molecule has 1 aliphatic carbocycles. The zero-order valence-corrected chi connectivity index (χ0v) is 11.4. The van der Waals surface area contributed by atoms with Crippen molar-refractivity contribution in [1.82, 2.24) is 10.2 Å². The van der Waals surface area contributed by atoms with Gasteiger partial charge in [0.25, 0.3) is 0 Å². The van der Waals surface area contributed by atoms with Crippen molar-refractivity contribution in [2.45, 2.75) is 50.2 Å². The molecule has 2 atom stereocenters. The monoisotopic (exact) mass is 274 g/mol. The van der Waals surface area contributed by atoms with Crippen molar-refractivity contribution in [3.63, 3.8) is 0 Å². The van der Waals surface area contributed by atoms with Crippen molar-refractivity contribution >= 4 is 27.2 Å². The van der Waals surface area contributed by atoms with Crippen LogP contribution in [0.3, 0.4) is 0 Å². The summed E-state index contributed by atoms with van der Waals surface area (Å²) >= 11 is 5.37. The molecule has 2 aliphatic heterocycles. The fourth-order valence-electron chi connectivity index (χ4n) is 3.42. The topological polar surface area (TPSA) is 49.4 Å². The molecule has 4 nitrogen and oxygen atoms in total. The van der Waals surface area contributed by atoms with Crippen molar-refractivity contribution in [3.8, 4) is 0 Å². The Bertz CT molecular complexity index is 429. The van der Waals surface area contributed by atoms with Crippen LogP contribution in [0.15, 0.2) is 0 Å². The van der Waals surface area contributed by atoms with Gasteiger partial charge in [-0.2, -0.15) is 0 Å². The molecule has 0 amide bonds. The third-order valence-electron chi connectivity index (χ3n) is 4.19. The van der Waals surface area contributed by atoms with Gasteiger partial charge in [-0.25, -0.2) is 8.42 Å². The average Bonchev–Trinajstić information content (AvgIpc) is 2.69. The van der Waals surface area contributed by atoms with E-state index in [0.29, 0.717) is 6.04 Å². The Kier molecular flexibility index (Phi) is 2.82. The highest BCUT2D eigenvalue weighted by molar-refractivity contribution is 7.91. The maximum absolute atomic E-state index is 11.7. The van der Waals surface area contributed by atoms with Crippen LogP contribution < -0.4 is 5.32 Å². The summed E-state index contributed by atoms with van der Waals surface area (Å²) in [5.74, 6) is 0.530. The summed E-state index contributed by atoms with van der Waals surface area (Å²) in [6.45, 7) is 0. The summed E-state index contributed by atoms with van der Waals surface area (Å²) in [7, 11) is -2.86. The van der Waals surface area contributed by atoms with Crippen LogP contribution >= 0.6 is 12.2 Å². The van der Waals surface area contributed by atoms with Crippen molar-refractivity contribution in [1.29, 1.82) is 0 Å². The van der Waals surface area contributed by atoms with E-state index in [9.17, 15) is 8.42 Å². The predicted molar refractivity (Wildman–Crippen MR) is 70.7 cm³/mol. The van der Waals surface area contributed by atoms with Crippen molar-refractivity contribution in [2.24, 2.45) is 0 Å². The first-order valence-corrected chi connectivity index (χ1v) is 8.59. The van der Waals surface area contributed by atoms with Gasteiger partial charge in [0.1, 0.15) is 0 Å². The Labute approximate surface area is 108 Å². The molecular formula is C11H18N2O2S2. The maximum Gasteiger partial charge on any atom is 0.169 e. The summed E-state index contributed by atoms with van der Waals surface area (Å²) in [5, 5.41) is 3.98. The van der Waals surface area contributed by atoms with E-state index in [-0.39, 0.29) is 23.6 Å². The van der Waals surface area contributed by atoms with E-state index in [1.807, 2.05) is 0 Å². The van der Waals surface area contributed by atoms with E-state index in [4.69, 9.17) is 12.2 Å². The zero-order valence-electron chi connectivity index (χ0n) is 9.76. The molecule has 0 bridgehead atoms. The molecule has 3 fully saturated rings. The lowest BCUT2D eigenvalue weighted by Crippen LogP contribution is -2.45. The standard InChI is InChI=1S/C11H18N2O2S2/c14-17(15)6-9-10(7-17)13(11(16)12-9)8-4-2-1-3-5-8/h8-10H,1-7H2,(H,12,16)/t9-,10-/m1/s1. The van der Waals surface area contributed by atoms with Crippen LogP contribution in [-0.2, 0) is 9.84 Å². The normalized spacial score (nSPS) is 36.9. The van der Waals surface area contributed by atoms with E-state index in [2.05, 4.69) is 10.2 Å². The number of rotatable bonds is 1. The fraction of sp³-hybridized carbons (Fsp3) is 0.909. The van der Waals surface area contributed by atoms with Crippen molar-refractivity contribution in [2.75, 3.05) is 11.5 Å². The second-order valence-corrected chi connectivity index (χ2v) is 7.94. The number of sulfone groups is 1. The third-order valence-corrected chi connectivity index (χ3v) is 6.24. The summed E-state index contributed by atoms with van der Waals surface area (Å²) < 4.78 is 23.3. The van der Waals surface area contributed by atoms with Crippen molar-refractivity contribution in [3.05, 3.63) is 0 Å². The Balaban J connectivity index is 1.81. The molecule has 0 spiro atoms. The lowest BCUT2D eigenvalue weighted by atomic mass is 9.93. The number of hydrogen-bond donors (Lipinski definition) is 1. The molecule has 0 aromatic rings. The molecular weight excluding hydrogens is 256 g/mol.